The van der Waals surface area contributed by atoms with Crippen LogP contribution in [0.25, 0.3) is 11.0 Å². The molecule has 1 aliphatic carbocycles. The normalized spacial score (nSPS) is 15.8. The average Bonchev–Trinajstić information content (AvgIpc) is 3.18. The number of carbonyl (C=O) groups excluding carboxylic acids is 1. The summed E-state index contributed by atoms with van der Waals surface area (Å²) in [5.74, 6) is -0.0217. The van der Waals surface area contributed by atoms with E-state index in [-0.39, 0.29) is 29.5 Å². The SMILES string of the molecule is CCCn1c(=O)n(CCC(=O)NC2(CN)CCCC2)c2ccccc21.Cl. The quantitative estimate of drug-likeness (QED) is 0.773. The minimum atomic E-state index is -0.238. The van der Waals surface area contributed by atoms with Crippen molar-refractivity contribution in [3.8, 4) is 0 Å². The van der Waals surface area contributed by atoms with Crippen LogP contribution < -0.4 is 16.7 Å². The first-order valence-corrected chi connectivity index (χ1v) is 9.29. The minimum Gasteiger partial charge on any atom is -0.349 e. The Morgan fingerprint density at radius 1 is 1.15 bits per heavy atom. The van der Waals surface area contributed by atoms with E-state index in [9.17, 15) is 9.59 Å². The lowest BCUT2D eigenvalue weighted by Crippen LogP contribution is -2.51. The van der Waals surface area contributed by atoms with Crippen molar-refractivity contribution < 1.29 is 4.79 Å². The van der Waals surface area contributed by atoms with Crippen LogP contribution in [0.15, 0.2) is 29.1 Å². The maximum Gasteiger partial charge on any atom is 0.329 e. The molecule has 26 heavy (non-hydrogen) atoms. The van der Waals surface area contributed by atoms with Gasteiger partial charge in [-0.2, -0.15) is 0 Å². The molecule has 6 nitrogen and oxygen atoms in total. The van der Waals surface area contributed by atoms with E-state index in [2.05, 4.69) is 12.2 Å². The maximum absolute atomic E-state index is 12.7. The zero-order valence-electron chi connectivity index (χ0n) is 15.4. The monoisotopic (exact) mass is 380 g/mol. The van der Waals surface area contributed by atoms with Gasteiger partial charge in [-0.15, -0.1) is 12.4 Å². The summed E-state index contributed by atoms with van der Waals surface area (Å²) in [6.07, 6.45) is 5.31. The number of benzene rings is 1. The van der Waals surface area contributed by atoms with Crippen molar-refractivity contribution in [2.24, 2.45) is 5.73 Å². The molecule has 1 heterocycles. The summed E-state index contributed by atoms with van der Waals surface area (Å²) in [4.78, 5) is 25.2. The number of carbonyl (C=O) groups is 1. The van der Waals surface area contributed by atoms with Gasteiger partial charge >= 0.3 is 5.69 Å². The van der Waals surface area contributed by atoms with E-state index >= 15 is 0 Å². The zero-order chi connectivity index (χ0) is 17.9. The van der Waals surface area contributed by atoms with E-state index in [1.165, 1.54) is 0 Å². The predicted octanol–water partition coefficient (Wildman–Crippen LogP) is 2.41. The van der Waals surface area contributed by atoms with Crippen molar-refractivity contribution >= 4 is 29.3 Å². The van der Waals surface area contributed by atoms with Crippen LogP contribution >= 0.6 is 12.4 Å². The van der Waals surface area contributed by atoms with Crippen molar-refractivity contribution in [3.63, 3.8) is 0 Å². The molecule has 2 aromatic rings. The molecule has 0 aliphatic heterocycles. The number of halogens is 1. The van der Waals surface area contributed by atoms with Gasteiger partial charge in [-0.3, -0.25) is 13.9 Å². The molecular formula is C19H29ClN4O2. The summed E-state index contributed by atoms with van der Waals surface area (Å²) in [6, 6.07) is 7.77. The summed E-state index contributed by atoms with van der Waals surface area (Å²) in [7, 11) is 0. The van der Waals surface area contributed by atoms with E-state index in [1.807, 2.05) is 24.3 Å². The van der Waals surface area contributed by atoms with Crippen LogP contribution in [0, 0.1) is 0 Å². The molecule has 7 heteroatoms. The van der Waals surface area contributed by atoms with Gasteiger partial charge in [0.1, 0.15) is 0 Å². The van der Waals surface area contributed by atoms with Crippen LogP contribution in [0.1, 0.15) is 45.4 Å². The topological polar surface area (TPSA) is 82.0 Å². The fourth-order valence-electron chi connectivity index (χ4n) is 3.93. The van der Waals surface area contributed by atoms with Crippen LogP contribution in [-0.4, -0.2) is 27.1 Å². The molecule has 3 rings (SSSR count). The first kappa shape index (κ1) is 20.5. The zero-order valence-corrected chi connectivity index (χ0v) is 16.2. The second-order valence-electron chi connectivity index (χ2n) is 7.06. The number of hydrogen-bond donors (Lipinski definition) is 2. The summed E-state index contributed by atoms with van der Waals surface area (Å²) in [5, 5.41) is 3.13. The van der Waals surface area contributed by atoms with Gasteiger partial charge in [0.15, 0.2) is 0 Å². The number of hydrogen-bond acceptors (Lipinski definition) is 3. The maximum atomic E-state index is 12.7. The molecule has 1 aliphatic rings. The number of nitrogens with one attached hydrogen (secondary N) is 1. The van der Waals surface area contributed by atoms with Gasteiger partial charge in [-0.05, 0) is 31.4 Å². The molecule has 0 spiro atoms. The fourth-order valence-corrected chi connectivity index (χ4v) is 3.93. The number of nitrogens with zero attached hydrogens (tertiary/aromatic N) is 2. The summed E-state index contributed by atoms with van der Waals surface area (Å²) < 4.78 is 3.51. The third-order valence-corrected chi connectivity index (χ3v) is 5.29. The van der Waals surface area contributed by atoms with Crippen LogP contribution in [0.5, 0.6) is 0 Å². The Morgan fingerprint density at radius 2 is 1.73 bits per heavy atom. The second-order valence-corrected chi connectivity index (χ2v) is 7.06. The molecule has 0 radical (unpaired) electrons. The van der Waals surface area contributed by atoms with Crippen molar-refractivity contribution in [1.29, 1.82) is 0 Å². The lowest BCUT2D eigenvalue weighted by Gasteiger charge is -2.28. The first-order valence-electron chi connectivity index (χ1n) is 9.29. The van der Waals surface area contributed by atoms with Crippen LogP contribution in [-0.2, 0) is 17.9 Å². The summed E-state index contributed by atoms with van der Waals surface area (Å²) in [5.41, 5.74) is 7.44. The Kier molecular flexibility index (Phi) is 6.89. The van der Waals surface area contributed by atoms with Crippen molar-refractivity contribution in [3.05, 3.63) is 34.7 Å². The summed E-state index contributed by atoms with van der Waals surface area (Å²) in [6.45, 7) is 3.62. The number of imidazole rings is 1. The fraction of sp³-hybridized carbons (Fsp3) is 0.579. The van der Waals surface area contributed by atoms with Gasteiger partial charge < -0.3 is 11.1 Å². The molecule has 1 amide bonds. The Hall–Kier alpha value is -1.79. The second kappa shape index (κ2) is 8.73. The van der Waals surface area contributed by atoms with Crippen molar-refractivity contribution in [1.82, 2.24) is 14.5 Å². The number of para-hydroxylation sites is 2. The Bertz CT molecular complexity index is 805. The lowest BCUT2D eigenvalue weighted by atomic mass is 9.97. The smallest absolute Gasteiger partial charge is 0.329 e. The lowest BCUT2D eigenvalue weighted by molar-refractivity contribution is -0.123. The van der Waals surface area contributed by atoms with E-state index < -0.39 is 0 Å². The molecule has 1 fully saturated rings. The number of fused-ring (bicyclic) bond motifs is 1. The minimum absolute atomic E-state index is 0. The highest BCUT2D eigenvalue weighted by molar-refractivity contribution is 5.85. The van der Waals surface area contributed by atoms with Crippen LogP contribution in [0.2, 0.25) is 0 Å². The largest absolute Gasteiger partial charge is 0.349 e. The third kappa shape index (κ3) is 3.96. The highest BCUT2D eigenvalue weighted by Gasteiger charge is 2.33. The molecule has 1 aromatic carbocycles. The molecule has 1 saturated carbocycles. The van der Waals surface area contributed by atoms with Gasteiger partial charge in [0.2, 0.25) is 5.91 Å². The highest BCUT2D eigenvalue weighted by Crippen LogP contribution is 2.28. The average molecular weight is 381 g/mol. The molecule has 144 valence electrons. The summed E-state index contributed by atoms with van der Waals surface area (Å²) >= 11 is 0. The standard InChI is InChI=1S/C19H28N4O2.ClH/c1-2-12-22-15-7-3-4-8-16(15)23(18(22)25)13-9-17(24)21-19(14-20)10-5-6-11-19;/h3-4,7-8H,2,5-6,9-14,20H2,1H3,(H,21,24);1H. The molecule has 0 unspecified atom stereocenters. The highest BCUT2D eigenvalue weighted by atomic mass is 35.5. The third-order valence-electron chi connectivity index (χ3n) is 5.29. The number of amides is 1. The number of aryl methyl sites for hydroxylation is 2. The molecular weight excluding hydrogens is 352 g/mol. The Labute approximate surface area is 160 Å². The molecule has 1 aromatic heterocycles. The van der Waals surface area contributed by atoms with Gasteiger partial charge in [-0.1, -0.05) is 31.9 Å². The molecule has 3 N–H and O–H groups in total. The van der Waals surface area contributed by atoms with Crippen LogP contribution in [0.3, 0.4) is 0 Å². The van der Waals surface area contributed by atoms with Crippen LogP contribution in [0.4, 0.5) is 0 Å². The Morgan fingerprint density at radius 3 is 2.27 bits per heavy atom. The van der Waals surface area contributed by atoms with Gasteiger partial charge in [0.05, 0.1) is 16.6 Å². The number of nitrogens with two attached hydrogens (primary N) is 1. The number of rotatable bonds is 7. The molecule has 0 atom stereocenters. The molecule has 0 bridgehead atoms. The van der Waals surface area contributed by atoms with Gasteiger partial charge in [0, 0.05) is 26.1 Å². The molecule has 0 saturated heterocycles. The van der Waals surface area contributed by atoms with E-state index in [0.29, 0.717) is 26.1 Å². The van der Waals surface area contributed by atoms with Crippen molar-refractivity contribution in [2.45, 2.75) is 64.1 Å². The Balaban J connectivity index is 0.00000243. The van der Waals surface area contributed by atoms with Crippen molar-refractivity contribution in [2.75, 3.05) is 6.54 Å². The van der Waals surface area contributed by atoms with E-state index in [1.54, 1.807) is 9.13 Å². The first-order chi connectivity index (χ1) is 12.1. The van der Waals surface area contributed by atoms with Gasteiger partial charge in [-0.25, -0.2) is 4.79 Å². The number of aromatic nitrogens is 2. The van der Waals surface area contributed by atoms with E-state index in [0.717, 1.165) is 43.1 Å². The van der Waals surface area contributed by atoms with Gasteiger partial charge in [0.25, 0.3) is 0 Å². The van der Waals surface area contributed by atoms with E-state index in [4.69, 9.17) is 5.73 Å². The predicted molar refractivity (Wildman–Crippen MR) is 107 cm³/mol.